The molecule has 0 saturated carbocycles. The maximum atomic E-state index is 4.34. The lowest BCUT2D eigenvalue weighted by Gasteiger charge is -2.21. The van der Waals surface area contributed by atoms with E-state index in [0.29, 0.717) is 0 Å². The Morgan fingerprint density at radius 2 is 1.62 bits per heavy atom. The van der Waals surface area contributed by atoms with E-state index in [1.165, 1.54) is 73.6 Å². The zero-order valence-electron chi connectivity index (χ0n) is 18.3. The van der Waals surface area contributed by atoms with E-state index in [1.807, 2.05) is 0 Å². The molecule has 1 aliphatic rings. The first-order valence-corrected chi connectivity index (χ1v) is 11.3. The summed E-state index contributed by atoms with van der Waals surface area (Å²) in [4.78, 5) is 0. The molecule has 0 unspecified atom stereocenters. The fourth-order valence-electron chi connectivity index (χ4n) is 4.30. The summed E-state index contributed by atoms with van der Waals surface area (Å²) in [6.07, 6.45) is 13.5. The van der Waals surface area contributed by atoms with Crippen LogP contribution in [0.25, 0.3) is 5.57 Å². The molecule has 0 amide bonds. The summed E-state index contributed by atoms with van der Waals surface area (Å²) in [6.45, 7) is 8.85. The highest BCUT2D eigenvalue weighted by molar-refractivity contribution is 5.64. The van der Waals surface area contributed by atoms with Gasteiger partial charge in [-0.3, -0.25) is 0 Å². The fourth-order valence-corrected chi connectivity index (χ4v) is 4.30. The van der Waals surface area contributed by atoms with Gasteiger partial charge in [-0.1, -0.05) is 78.4 Å². The molecule has 152 valence electrons. The number of aryl methyl sites for hydroxylation is 2. The molecule has 0 aliphatic heterocycles. The molecule has 1 aliphatic carbocycles. The van der Waals surface area contributed by atoms with Crippen LogP contribution in [-0.4, -0.2) is 0 Å². The molecule has 0 atom stereocenters. The van der Waals surface area contributed by atoms with Crippen LogP contribution in [0.15, 0.2) is 84.0 Å². The van der Waals surface area contributed by atoms with Crippen LogP contribution < -0.4 is 0 Å². The highest BCUT2D eigenvalue weighted by Crippen LogP contribution is 2.33. The summed E-state index contributed by atoms with van der Waals surface area (Å²) in [5.41, 5.74) is 10.1. The third kappa shape index (κ3) is 6.60. The molecule has 29 heavy (non-hydrogen) atoms. The van der Waals surface area contributed by atoms with Gasteiger partial charge in [0.2, 0.25) is 0 Å². The largest absolute Gasteiger partial charge is 0.0949 e. The Labute approximate surface area is 178 Å². The van der Waals surface area contributed by atoms with Crippen molar-refractivity contribution < 1.29 is 0 Å². The van der Waals surface area contributed by atoms with E-state index < -0.39 is 0 Å². The lowest BCUT2D eigenvalue weighted by Crippen LogP contribution is -2.02. The van der Waals surface area contributed by atoms with Gasteiger partial charge in [0, 0.05) is 0 Å². The molecule has 3 rings (SSSR count). The second kappa shape index (κ2) is 11.0. The van der Waals surface area contributed by atoms with Gasteiger partial charge in [-0.15, -0.1) is 0 Å². The number of unbranched alkanes of at least 4 members (excludes halogenated alkanes) is 1. The van der Waals surface area contributed by atoms with Gasteiger partial charge in [0.15, 0.2) is 0 Å². The zero-order valence-corrected chi connectivity index (χ0v) is 18.3. The minimum atomic E-state index is 0.952. The molecule has 0 bridgehead atoms. The average molecular weight is 385 g/mol. The number of benzene rings is 2. The monoisotopic (exact) mass is 384 g/mol. The molecule has 0 heteroatoms. The number of rotatable bonds is 9. The summed E-state index contributed by atoms with van der Waals surface area (Å²) in [5.74, 6) is 0. The van der Waals surface area contributed by atoms with Crippen molar-refractivity contribution in [2.24, 2.45) is 0 Å². The van der Waals surface area contributed by atoms with Gasteiger partial charge in [-0.2, -0.15) is 0 Å². The molecule has 2 aromatic carbocycles. The lowest BCUT2D eigenvalue weighted by molar-refractivity contribution is 0.659. The van der Waals surface area contributed by atoms with Crippen LogP contribution in [0, 0.1) is 6.92 Å². The highest BCUT2D eigenvalue weighted by Gasteiger charge is 2.13. The van der Waals surface area contributed by atoms with Crippen LogP contribution in [-0.2, 0) is 6.42 Å². The number of hydrogen-bond acceptors (Lipinski definition) is 0. The topological polar surface area (TPSA) is 0 Å². The maximum absolute atomic E-state index is 4.34. The van der Waals surface area contributed by atoms with Crippen LogP contribution in [0.4, 0.5) is 0 Å². The summed E-state index contributed by atoms with van der Waals surface area (Å²) in [5, 5.41) is 0. The van der Waals surface area contributed by atoms with Crippen molar-refractivity contribution in [3.8, 4) is 0 Å². The Kier molecular flexibility index (Phi) is 8.11. The summed E-state index contributed by atoms with van der Waals surface area (Å²) in [7, 11) is 0. The minimum absolute atomic E-state index is 0.952. The quantitative estimate of drug-likeness (QED) is 0.379. The van der Waals surface area contributed by atoms with Gasteiger partial charge in [0.1, 0.15) is 0 Å². The first-order valence-electron chi connectivity index (χ1n) is 11.3. The molecule has 0 spiro atoms. The van der Waals surface area contributed by atoms with Gasteiger partial charge >= 0.3 is 0 Å². The van der Waals surface area contributed by atoms with Crippen molar-refractivity contribution in [1.82, 2.24) is 0 Å². The van der Waals surface area contributed by atoms with E-state index in [-0.39, 0.29) is 0 Å². The SMILES string of the molecule is C=C(C/C=C(\CCCCc1ccc(C)cc1)C1=C(C)CCCC1)c1ccccc1. The Morgan fingerprint density at radius 3 is 2.34 bits per heavy atom. The molecular formula is C29H36. The standard InChI is InChI=1S/C29H36/c1-23-17-20-26(21-18-23)12-8-9-15-28(29-16-10-7-11-25(29)3)22-19-24(2)27-13-5-4-6-14-27/h4-6,13-14,17-18,20-22H,2,7-12,15-16,19H2,1,3H3/b28-22+. The number of hydrogen-bond donors (Lipinski definition) is 0. The Bertz CT molecular complexity index is 847. The first kappa shape index (κ1) is 21.4. The summed E-state index contributed by atoms with van der Waals surface area (Å²) < 4.78 is 0. The first-order chi connectivity index (χ1) is 14.1. The van der Waals surface area contributed by atoms with E-state index in [0.717, 1.165) is 6.42 Å². The van der Waals surface area contributed by atoms with Crippen molar-refractivity contribution in [3.63, 3.8) is 0 Å². The van der Waals surface area contributed by atoms with Crippen molar-refractivity contribution in [2.75, 3.05) is 0 Å². The Hall–Kier alpha value is -2.34. The zero-order chi connectivity index (χ0) is 20.5. The fraction of sp³-hybridized carbons (Fsp3) is 0.379. The maximum Gasteiger partial charge on any atom is -0.00915 e. The molecule has 0 N–H and O–H groups in total. The minimum Gasteiger partial charge on any atom is -0.0949 e. The Morgan fingerprint density at radius 1 is 0.897 bits per heavy atom. The van der Waals surface area contributed by atoms with Gasteiger partial charge in [0.25, 0.3) is 0 Å². The van der Waals surface area contributed by atoms with Gasteiger partial charge < -0.3 is 0 Å². The van der Waals surface area contributed by atoms with Crippen LogP contribution in [0.3, 0.4) is 0 Å². The molecule has 0 heterocycles. The second-order valence-electron chi connectivity index (χ2n) is 8.56. The van der Waals surface area contributed by atoms with E-state index in [9.17, 15) is 0 Å². The Balaban J connectivity index is 1.63. The van der Waals surface area contributed by atoms with E-state index in [2.05, 4.69) is 81.1 Å². The molecular weight excluding hydrogens is 348 g/mol. The van der Waals surface area contributed by atoms with Crippen molar-refractivity contribution in [3.05, 3.63) is 101 Å². The predicted molar refractivity (Wildman–Crippen MR) is 128 cm³/mol. The van der Waals surface area contributed by atoms with E-state index >= 15 is 0 Å². The molecule has 0 radical (unpaired) electrons. The average Bonchev–Trinajstić information content (AvgIpc) is 2.75. The smallest absolute Gasteiger partial charge is 0.00915 e. The van der Waals surface area contributed by atoms with Crippen molar-refractivity contribution in [1.29, 1.82) is 0 Å². The summed E-state index contributed by atoms with van der Waals surface area (Å²) in [6, 6.07) is 19.6. The summed E-state index contributed by atoms with van der Waals surface area (Å²) >= 11 is 0. The molecule has 0 nitrogen and oxygen atoms in total. The van der Waals surface area contributed by atoms with Crippen LogP contribution >= 0.6 is 0 Å². The molecule has 0 aromatic heterocycles. The van der Waals surface area contributed by atoms with E-state index in [4.69, 9.17) is 0 Å². The lowest BCUT2D eigenvalue weighted by atomic mass is 9.85. The molecule has 0 saturated heterocycles. The second-order valence-corrected chi connectivity index (χ2v) is 8.56. The van der Waals surface area contributed by atoms with Crippen molar-refractivity contribution >= 4 is 5.57 Å². The molecule has 2 aromatic rings. The van der Waals surface area contributed by atoms with Crippen LogP contribution in [0.2, 0.25) is 0 Å². The highest BCUT2D eigenvalue weighted by atomic mass is 14.2. The predicted octanol–water partition coefficient (Wildman–Crippen LogP) is 8.63. The van der Waals surface area contributed by atoms with Gasteiger partial charge in [0.05, 0.1) is 0 Å². The molecule has 0 fully saturated rings. The number of allylic oxidation sites excluding steroid dienone is 5. The third-order valence-corrected chi connectivity index (χ3v) is 6.19. The third-order valence-electron chi connectivity index (χ3n) is 6.19. The normalized spacial score (nSPS) is 14.9. The van der Waals surface area contributed by atoms with E-state index in [1.54, 1.807) is 16.7 Å². The van der Waals surface area contributed by atoms with Crippen LogP contribution in [0.1, 0.15) is 75.0 Å². The van der Waals surface area contributed by atoms with Gasteiger partial charge in [-0.25, -0.2) is 0 Å². The van der Waals surface area contributed by atoms with Crippen molar-refractivity contribution in [2.45, 2.75) is 71.6 Å². The van der Waals surface area contributed by atoms with Crippen LogP contribution in [0.5, 0.6) is 0 Å². The van der Waals surface area contributed by atoms with Gasteiger partial charge in [-0.05, 0) is 99.5 Å².